The summed E-state index contributed by atoms with van der Waals surface area (Å²) < 4.78 is 51.7. The van der Waals surface area contributed by atoms with E-state index in [1.54, 1.807) is 19.2 Å². The molecule has 0 aromatic heterocycles. The van der Waals surface area contributed by atoms with E-state index in [0.29, 0.717) is 11.6 Å². The maximum Gasteiger partial charge on any atom is 0.260 e. The van der Waals surface area contributed by atoms with Crippen LogP contribution in [0.25, 0.3) is 0 Å². The zero-order chi connectivity index (χ0) is 23.7. The number of nitrogens with zero attached hydrogens (tertiary/aromatic N) is 1. The molecular formula is C21H27F2N5O4S. The third-order valence-corrected chi connectivity index (χ3v) is 8.00. The molecule has 4 unspecified atom stereocenters. The van der Waals surface area contributed by atoms with Gasteiger partial charge in [-0.25, -0.2) is 22.6 Å². The summed E-state index contributed by atoms with van der Waals surface area (Å²) in [6.45, 7) is 0. The maximum absolute atomic E-state index is 13.3. The van der Waals surface area contributed by atoms with E-state index >= 15 is 0 Å². The first-order valence-electron chi connectivity index (χ1n) is 11.0. The summed E-state index contributed by atoms with van der Waals surface area (Å²) >= 11 is 0. The quantitative estimate of drug-likeness (QED) is 0.472. The van der Waals surface area contributed by atoms with E-state index in [4.69, 9.17) is 0 Å². The Morgan fingerprint density at radius 2 is 1.97 bits per heavy atom. The number of hydrazine groups is 1. The second kappa shape index (κ2) is 7.60. The van der Waals surface area contributed by atoms with Gasteiger partial charge < -0.3 is 10.6 Å². The van der Waals surface area contributed by atoms with Crippen LogP contribution in [0.2, 0.25) is 0 Å². The van der Waals surface area contributed by atoms with Gasteiger partial charge in [-0.05, 0) is 36.5 Å². The van der Waals surface area contributed by atoms with Crippen molar-refractivity contribution in [3.63, 3.8) is 0 Å². The first kappa shape index (κ1) is 22.5. The summed E-state index contributed by atoms with van der Waals surface area (Å²) in [5.74, 6) is -5.46. The van der Waals surface area contributed by atoms with Crippen molar-refractivity contribution in [3.8, 4) is 0 Å². The van der Waals surface area contributed by atoms with E-state index in [1.165, 1.54) is 5.01 Å². The number of hydrogen-bond donors (Lipinski definition) is 4. The third-order valence-electron chi connectivity index (χ3n) is 6.87. The molecule has 4 N–H and O–H groups in total. The Kier molecular flexibility index (Phi) is 5.18. The third kappa shape index (κ3) is 4.31. The van der Waals surface area contributed by atoms with E-state index in [0.717, 1.165) is 24.7 Å². The number of hydrogen-bond acceptors (Lipinski definition) is 7. The van der Waals surface area contributed by atoms with Crippen LogP contribution >= 0.6 is 0 Å². The Labute approximate surface area is 190 Å². The lowest BCUT2D eigenvalue weighted by Gasteiger charge is -2.38. The van der Waals surface area contributed by atoms with Crippen molar-refractivity contribution in [3.05, 3.63) is 23.8 Å². The Morgan fingerprint density at radius 1 is 1.27 bits per heavy atom. The first-order valence-corrected chi connectivity index (χ1v) is 12.9. The number of rotatable bonds is 6. The molecule has 0 spiro atoms. The normalized spacial score (nSPS) is 32.9. The molecule has 2 saturated heterocycles. The number of carbonyl (C=O) groups is 2. The minimum absolute atomic E-state index is 0.159. The van der Waals surface area contributed by atoms with Gasteiger partial charge in [-0.3, -0.25) is 19.9 Å². The second-order valence-corrected chi connectivity index (χ2v) is 11.5. The van der Waals surface area contributed by atoms with Crippen molar-refractivity contribution in [2.45, 2.75) is 60.8 Å². The molecule has 12 heteroatoms. The molecule has 0 radical (unpaired) electrons. The van der Waals surface area contributed by atoms with Gasteiger partial charge in [0, 0.05) is 32.2 Å². The van der Waals surface area contributed by atoms with Crippen LogP contribution in [0.1, 0.15) is 37.2 Å². The number of alkyl halides is 2. The highest BCUT2D eigenvalue weighted by Gasteiger charge is 2.61. The van der Waals surface area contributed by atoms with E-state index < -0.39 is 58.3 Å². The minimum atomic E-state index is -3.55. The van der Waals surface area contributed by atoms with Gasteiger partial charge >= 0.3 is 0 Å². The number of amides is 2. The number of piperidine rings is 1. The van der Waals surface area contributed by atoms with Gasteiger partial charge in [-0.1, -0.05) is 6.07 Å². The van der Waals surface area contributed by atoms with E-state index in [9.17, 15) is 26.8 Å². The number of nitrogens with one attached hydrogen (secondary N) is 4. The zero-order valence-electron chi connectivity index (χ0n) is 18.3. The van der Waals surface area contributed by atoms with Gasteiger partial charge in [-0.15, -0.1) is 0 Å². The summed E-state index contributed by atoms with van der Waals surface area (Å²) in [6.07, 6.45) is 1.72. The van der Waals surface area contributed by atoms with Gasteiger partial charge in [0.05, 0.1) is 28.8 Å². The van der Waals surface area contributed by atoms with Crippen molar-refractivity contribution in [2.75, 3.05) is 18.6 Å². The molecule has 33 heavy (non-hydrogen) atoms. The summed E-state index contributed by atoms with van der Waals surface area (Å²) in [7, 11) is -1.98. The summed E-state index contributed by atoms with van der Waals surface area (Å²) in [6, 6.07) is 4.75. The van der Waals surface area contributed by atoms with Crippen LogP contribution in [-0.2, 0) is 19.4 Å². The largest absolute Gasteiger partial charge is 0.380 e. The van der Waals surface area contributed by atoms with Crippen LogP contribution in [0.15, 0.2) is 23.1 Å². The first-order chi connectivity index (χ1) is 15.4. The van der Waals surface area contributed by atoms with Crippen LogP contribution in [0.3, 0.4) is 0 Å². The van der Waals surface area contributed by atoms with E-state index in [2.05, 4.69) is 21.4 Å². The maximum atomic E-state index is 13.3. The topological polar surface area (TPSA) is 120 Å². The van der Waals surface area contributed by atoms with Crippen molar-refractivity contribution >= 4 is 27.3 Å². The SMILES string of the molecule is CN1NC2NC(NC(=O)[C@H]3CC3(F)F)CC(Nc3ccc(C4CC4)cc3S(C)(=O)=O)C2C1=O. The van der Waals surface area contributed by atoms with Gasteiger partial charge in [-0.2, -0.15) is 0 Å². The highest BCUT2D eigenvalue weighted by molar-refractivity contribution is 7.90. The average molecular weight is 484 g/mol. The lowest BCUT2D eigenvalue weighted by molar-refractivity contribution is -0.131. The molecule has 2 amide bonds. The molecule has 5 rings (SSSR count). The molecular weight excluding hydrogens is 456 g/mol. The molecule has 1 aromatic carbocycles. The number of benzene rings is 1. The molecule has 4 fully saturated rings. The molecule has 4 aliphatic rings. The molecule has 2 heterocycles. The standard InChI is InChI=1S/C21H27F2N5O4S/c1-28-20(30)17-14(8-16(25-18(17)27-28)26-19(29)12-9-21(12,22)23)24-13-6-5-11(10-3-4-10)7-15(13)33(2,31)32/h5-7,10,12,14,16-18,24-25,27H,3-4,8-9H2,1-2H3,(H,26,29)/t12-,14?,16?,17?,18?/m1/s1. The van der Waals surface area contributed by atoms with Crippen molar-refractivity contribution in [1.82, 2.24) is 21.1 Å². The van der Waals surface area contributed by atoms with Gasteiger partial charge in [0.15, 0.2) is 9.84 Å². The molecule has 1 aromatic rings. The van der Waals surface area contributed by atoms with E-state index in [1.807, 2.05) is 6.07 Å². The molecule has 2 aliphatic heterocycles. The Bertz CT molecular complexity index is 1110. The zero-order valence-corrected chi connectivity index (χ0v) is 19.1. The molecule has 0 bridgehead atoms. The highest BCUT2D eigenvalue weighted by atomic mass is 32.2. The summed E-state index contributed by atoms with van der Waals surface area (Å²) in [5, 5.41) is 10.3. The van der Waals surface area contributed by atoms with Crippen LogP contribution in [0.5, 0.6) is 0 Å². The van der Waals surface area contributed by atoms with Crippen molar-refractivity contribution < 1.29 is 26.8 Å². The average Bonchev–Trinajstić information content (AvgIpc) is 3.62. The number of carbonyl (C=O) groups excluding carboxylic acids is 2. The molecule has 5 atom stereocenters. The van der Waals surface area contributed by atoms with Gasteiger partial charge in [0.25, 0.3) is 5.92 Å². The van der Waals surface area contributed by atoms with E-state index in [-0.39, 0.29) is 17.2 Å². The molecule has 9 nitrogen and oxygen atoms in total. The fourth-order valence-electron chi connectivity index (χ4n) is 4.80. The lowest BCUT2D eigenvalue weighted by atomic mass is 9.88. The fourth-order valence-corrected chi connectivity index (χ4v) is 5.68. The smallest absolute Gasteiger partial charge is 0.260 e. The fraction of sp³-hybridized carbons (Fsp3) is 0.619. The monoisotopic (exact) mass is 483 g/mol. The van der Waals surface area contributed by atoms with Crippen LogP contribution < -0.4 is 21.4 Å². The Hall–Kier alpha value is -2.31. The molecule has 2 saturated carbocycles. The van der Waals surface area contributed by atoms with Gasteiger partial charge in [0.2, 0.25) is 11.8 Å². The summed E-state index contributed by atoms with van der Waals surface area (Å²) in [5.41, 5.74) is 4.33. The second-order valence-electron chi connectivity index (χ2n) is 9.56. The lowest BCUT2D eigenvalue weighted by Crippen LogP contribution is -2.63. The van der Waals surface area contributed by atoms with Crippen molar-refractivity contribution in [1.29, 1.82) is 0 Å². The van der Waals surface area contributed by atoms with Crippen molar-refractivity contribution in [2.24, 2.45) is 11.8 Å². The molecule has 180 valence electrons. The predicted octanol–water partition coefficient (Wildman–Crippen LogP) is 0.758. The number of fused-ring (bicyclic) bond motifs is 1. The number of sulfone groups is 1. The van der Waals surface area contributed by atoms with Gasteiger partial charge in [0.1, 0.15) is 5.92 Å². The molecule has 2 aliphatic carbocycles. The predicted molar refractivity (Wildman–Crippen MR) is 115 cm³/mol. The van der Waals surface area contributed by atoms with Crippen LogP contribution in [-0.4, -0.2) is 62.8 Å². The van der Waals surface area contributed by atoms with Crippen LogP contribution in [0, 0.1) is 11.8 Å². The highest BCUT2D eigenvalue weighted by Crippen LogP contribution is 2.48. The Morgan fingerprint density at radius 3 is 2.58 bits per heavy atom. The van der Waals surface area contributed by atoms with Crippen LogP contribution in [0.4, 0.5) is 14.5 Å². The number of anilines is 1. The summed E-state index contributed by atoms with van der Waals surface area (Å²) in [4.78, 5) is 25.2. The number of halogens is 2. The Balaban J connectivity index is 1.40. The minimum Gasteiger partial charge on any atom is -0.380 e.